The average Bonchev–Trinajstić information content (AvgIpc) is 2.98. The number of hydrogen-bond acceptors (Lipinski definition) is 3. The van der Waals surface area contributed by atoms with Gasteiger partial charge >= 0.3 is 0 Å². The highest BCUT2D eigenvalue weighted by molar-refractivity contribution is 7.94. The summed E-state index contributed by atoms with van der Waals surface area (Å²) in [6, 6.07) is 0. The van der Waals surface area contributed by atoms with Crippen LogP contribution in [0.5, 0.6) is 0 Å². The third-order valence-corrected chi connectivity index (χ3v) is 6.50. The minimum absolute atomic E-state index is 0. The van der Waals surface area contributed by atoms with Crippen molar-refractivity contribution < 1.29 is 13.2 Å². The molecule has 2 aliphatic carbocycles. The molecule has 2 N–H and O–H groups in total. The molecule has 2 atom stereocenters. The quantitative estimate of drug-likeness (QED) is 0.799. The molecule has 0 spiro atoms. The minimum atomic E-state index is -3.29. The molecule has 0 aromatic carbocycles. The first-order valence-corrected chi connectivity index (χ1v) is 6.54. The van der Waals surface area contributed by atoms with Gasteiger partial charge in [0.2, 0.25) is 5.91 Å². The molecule has 0 aliphatic heterocycles. The summed E-state index contributed by atoms with van der Waals surface area (Å²) in [7, 11) is -3.29. The molecule has 88 valence electrons. The third-order valence-electron chi connectivity index (χ3n) is 3.43. The van der Waals surface area contributed by atoms with Crippen LogP contribution < -0.4 is 5.73 Å². The van der Waals surface area contributed by atoms with Gasteiger partial charge in [0, 0.05) is 0 Å². The first-order valence-electron chi connectivity index (χ1n) is 5.00. The minimum Gasteiger partial charge on any atom is -0.368 e. The molecule has 0 bridgehead atoms. The van der Waals surface area contributed by atoms with Crippen molar-refractivity contribution in [2.45, 2.75) is 42.6 Å². The summed E-state index contributed by atoms with van der Waals surface area (Å²) < 4.78 is 22.8. The van der Waals surface area contributed by atoms with Gasteiger partial charge in [0.25, 0.3) is 0 Å². The summed E-state index contributed by atoms with van der Waals surface area (Å²) in [5, 5.41) is -0.286. The first-order chi connectivity index (χ1) is 6.46. The van der Waals surface area contributed by atoms with Crippen molar-refractivity contribution in [3.8, 4) is 0 Å². The van der Waals surface area contributed by atoms with E-state index in [9.17, 15) is 13.2 Å². The number of carbonyl (C=O) groups excluding carboxylic acids is 1. The SMILES string of the molecule is CCC1CC1(C(N)=O)S(=O)(=O)C1CC1.Cl. The number of amides is 1. The lowest BCUT2D eigenvalue weighted by Gasteiger charge is -2.13. The predicted molar refractivity (Wildman–Crippen MR) is 59.5 cm³/mol. The van der Waals surface area contributed by atoms with Gasteiger partial charge in [-0.05, 0) is 25.2 Å². The molecule has 0 radical (unpaired) electrons. The van der Waals surface area contributed by atoms with Crippen LogP contribution in [0.2, 0.25) is 0 Å². The fourth-order valence-corrected chi connectivity index (χ4v) is 4.94. The Bertz CT molecular complexity index is 377. The topological polar surface area (TPSA) is 77.2 Å². The Balaban J connectivity index is 0.00000112. The van der Waals surface area contributed by atoms with Crippen LogP contribution in [0.25, 0.3) is 0 Å². The van der Waals surface area contributed by atoms with Gasteiger partial charge in [-0.25, -0.2) is 8.42 Å². The summed E-state index contributed by atoms with van der Waals surface area (Å²) in [6.07, 6.45) is 2.56. The second-order valence-corrected chi connectivity index (χ2v) is 6.79. The van der Waals surface area contributed by atoms with Crippen molar-refractivity contribution in [2.24, 2.45) is 11.7 Å². The molecule has 2 aliphatic rings. The van der Waals surface area contributed by atoms with E-state index in [4.69, 9.17) is 5.73 Å². The maximum atomic E-state index is 12.0. The zero-order chi connectivity index (χ0) is 10.6. The number of primary amides is 1. The molecule has 2 unspecified atom stereocenters. The Labute approximate surface area is 95.9 Å². The Morgan fingerprint density at radius 1 is 1.47 bits per heavy atom. The summed E-state index contributed by atoms with van der Waals surface area (Å²) in [4.78, 5) is 11.3. The molecule has 0 aromatic rings. The summed E-state index contributed by atoms with van der Waals surface area (Å²) in [5.74, 6) is -0.679. The van der Waals surface area contributed by atoms with Gasteiger partial charge in [0.15, 0.2) is 14.6 Å². The van der Waals surface area contributed by atoms with Crippen LogP contribution in [0.15, 0.2) is 0 Å². The van der Waals surface area contributed by atoms with Crippen LogP contribution in [-0.4, -0.2) is 24.3 Å². The van der Waals surface area contributed by atoms with Gasteiger partial charge in [0.05, 0.1) is 5.25 Å². The molecular formula is C9H16ClNO3S. The zero-order valence-electron chi connectivity index (χ0n) is 8.60. The number of sulfone groups is 1. The van der Waals surface area contributed by atoms with Crippen molar-refractivity contribution >= 4 is 28.2 Å². The van der Waals surface area contributed by atoms with E-state index >= 15 is 0 Å². The highest BCUT2D eigenvalue weighted by atomic mass is 35.5. The van der Waals surface area contributed by atoms with E-state index in [1.807, 2.05) is 6.92 Å². The lowest BCUT2D eigenvalue weighted by molar-refractivity contribution is -0.118. The number of nitrogens with two attached hydrogens (primary N) is 1. The van der Waals surface area contributed by atoms with Gasteiger partial charge in [-0.3, -0.25) is 4.79 Å². The van der Waals surface area contributed by atoms with Crippen LogP contribution in [0.4, 0.5) is 0 Å². The Morgan fingerprint density at radius 3 is 2.27 bits per heavy atom. The van der Waals surface area contributed by atoms with Crippen LogP contribution in [0.1, 0.15) is 32.6 Å². The van der Waals surface area contributed by atoms with Gasteiger partial charge in [0.1, 0.15) is 0 Å². The molecule has 0 aromatic heterocycles. The number of carbonyl (C=O) groups is 1. The maximum Gasteiger partial charge on any atom is 0.239 e. The van der Waals surface area contributed by atoms with Crippen molar-refractivity contribution in [2.75, 3.05) is 0 Å². The van der Waals surface area contributed by atoms with E-state index in [2.05, 4.69) is 0 Å². The largest absolute Gasteiger partial charge is 0.368 e. The fraction of sp³-hybridized carbons (Fsp3) is 0.889. The molecule has 1 amide bonds. The molecule has 2 saturated carbocycles. The summed E-state index contributed by atoms with van der Waals surface area (Å²) >= 11 is 0. The smallest absolute Gasteiger partial charge is 0.239 e. The van der Waals surface area contributed by atoms with Gasteiger partial charge < -0.3 is 5.73 Å². The second kappa shape index (κ2) is 3.63. The number of hydrogen-bond donors (Lipinski definition) is 1. The van der Waals surface area contributed by atoms with Crippen LogP contribution in [0.3, 0.4) is 0 Å². The number of rotatable bonds is 4. The molecule has 15 heavy (non-hydrogen) atoms. The van der Waals surface area contributed by atoms with Crippen molar-refractivity contribution in [3.05, 3.63) is 0 Å². The lowest BCUT2D eigenvalue weighted by atomic mass is 10.2. The Hall–Kier alpha value is -0.290. The van der Waals surface area contributed by atoms with Crippen molar-refractivity contribution in [1.29, 1.82) is 0 Å². The average molecular weight is 254 g/mol. The molecular weight excluding hydrogens is 238 g/mol. The normalized spacial score (nSPS) is 34.3. The summed E-state index contributed by atoms with van der Waals surface area (Å²) in [6.45, 7) is 1.90. The number of halogens is 1. The molecule has 2 fully saturated rings. The molecule has 0 saturated heterocycles. The maximum absolute atomic E-state index is 12.0. The monoisotopic (exact) mass is 253 g/mol. The molecule has 2 rings (SSSR count). The third kappa shape index (κ3) is 1.56. The molecule has 6 heteroatoms. The van der Waals surface area contributed by atoms with E-state index in [1.165, 1.54) is 0 Å². The van der Waals surface area contributed by atoms with E-state index in [0.29, 0.717) is 19.3 Å². The van der Waals surface area contributed by atoms with Gasteiger partial charge in [-0.15, -0.1) is 12.4 Å². The van der Waals surface area contributed by atoms with Gasteiger partial charge in [-0.1, -0.05) is 13.3 Å². The van der Waals surface area contributed by atoms with Crippen LogP contribution >= 0.6 is 12.4 Å². The zero-order valence-corrected chi connectivity index (χ0v) is 10.2. The van der Waals surface area contributed by atoms with E-state index in [1.54, 1.807) is 0 Å². The Morgan fingerprint density at radius 2 is 2.00 bits per heavy atom. The van der Waals surface area contributed by atoms with Crippen LogP contribution in [-0.2, 0) is 14.6 Å². The van der Waals surface area contributed by atoms with E-state index in [-0.39, 0.29) is 23.6 Å². The predicted octanol–water partition coefficient (Wildman–Crippen LogP) is 0.639. The molecule has 4 nitrogen and oxygen atoms in total. The highest BCUT2D eigenvalue weighted by Crippen LogP contribution is 2.56. The summed E-state index contributed by atoms with van der Waals surface area (Å²) in [5.41, 5.74) is 5.23. The van der Waals surface area contributed by atoms with Crippen LogP contribution in [0, 0.1) is 5.92 Å². The van der Waals surface area contributed by atoms with Crippen molar-refractivity contribution in [1.82, 2.24) is 0 Å². The standard InChI is InChI=1S/C9H15NO3S.ClH/c1-2-6-5-9(6,8(10)11)14(12,13)7-3-4-7;/h6-7H,2-5H2,1H3,(H2,10,11);1H. The highest BCUT2D eigenvalue weighted by Gasteiger charge is 2.69. The van der Waals surface area contributed by atoms with E-state index < -0.39 is 20.5 Å². The first kappa shape index (κ1) is 12.8. The lowest BCUT2D eigenvalue weighted by Crippen LogP contribution is -2.42. The van der Waals surface area contributed by atoms with Crippen molar-refractivity contribution in [3.63, 3.8) is 0 Å². The van der Waals surface area contributed by atoms with E-state index in [0.717, 1.165) is 6.42 Å². The van der Waals surface area contributed by atoms with Gasteiger partial charge in [-0.2, -0.15) is 0 Å². The fourth-order valence-electron chi connectivity index (χ4n) is 2.25. The molecule has 0 heterocycles. The Kier molecular flexibility index (Phi) is 3.09. The second-order valence-electron chi connectivity index (χ2n) is 4.31.